The Labute approximate surface area is 90.3 Å². The number of carbonyl (C=O) groups is 1. The number of hydrogen-bond acceptors (Lipinski definition) is 2. The fourth-order valence-corrected chi connectivity index (χ4v) is 2.22. The first-order chi connectivity index (χ1) is 7.00. The zero-order chi connectivity index (χ0) is 11.1. The predicted molar refractivity (Wildman–Crippen MR) is 58.6 cm³/mol. The molecule has 2 heteroatoms. The van der Waals surface area contributed by atoms with E-state index in [9.17, 15) is 4.79 Å². The number of carbonyl (C=O) groups excluding carboxylic acids is 1. The van der Waals surface area contributed by atoms with Crippen molar-refractivity contribution in [2.24, 2.45) is 0 Å². The smallest absolute Gasteiger partial charge is 0.307 e. The molecule has 80 valence electrons. The Balaban J connectivity index is 2.57. The number of esters is 1. The Bertz CT molecular complexity index is 393. The fourth-order valence-electron chi connectivity index (χ4n) is 2.22. The molecule has 0 saturated carbocycles. The zero-order valence-electron chi connectivity index (χ0n) is 9.41. The third-order valence-corrected chi connectivity index (χ3v) is 2.98. The van der Waals surface area contributed by atoms with Crippen LogP contribution in [0.15, 0.2) is 24.3 Å². The number of ether oxygens (including phenoxy) is 1. The quantitative estimate of drug-likeness (QED) is 0.607. The Morgan fingerprint density at radius 2 is 2.00 bits per heavy atom. The van der Waals surface area contributed by atoms with Crippen molar-refractivity contribution in [3.05, 3.63) is 35.4 Å². The Morgan fingerprint density at radius 3 is 2.73 bits per heavy atom. The largest absolute Gasteiger partial charge is 0.455 e. The van der Waals surface area contributed by atoms with Crippen LogP contribution in [0.2, 0.25) is 0 Å². The first-order valence-electron chi connectivity index (χ1n) is 5.32. The van der Waals surface area contributed by atoms with Gasteiger partial charge in [-0.25, -0.2) is 0 Å². The lowest BCUT2D eigenvalue weighted by atomic mass is 9.87. The molecule has 1 unspecified atom stereocenters. The first kappa shape index (κ1) is 10.2. The third kappa shape index (κ3) is 1.76. The molecule has 15 heavy (non-hydrogen) atoms. The van der Waals surface area contributed by atoms with Crippen LogP contribution in [0.25, 0.3) is 0 Å². The van der Waals surface area contributed by atoms with E-state index in [0.717, 1.165) is 5.56 Å². The maximum Gasteiger partial charge on any atom is 0.307 e. The number of benzene rings is 1. The SMILES string of the molecule is CC1CC(=O)OC(C)(C)c2ccccc21. The second-order valence-corrected chi connectivity index (χ2v) is 4.68. The molecule has 0 N–H and O–H groups in total. The van der Waals surface area contributed by atoms with E-state index in [-0.39, 0.29) is 11.9 Å². The normalized spacial score (nSPS) is 23.9. The number of fused-ring (bicyclic) bond motifs is 1. The van der Waals surface area contributed by atoms with Crippen LogP contribution in [0.5, 0.6) is 0 Å². The number of cyclic esters (lactones) is 1. The predicted octanol–water partition coefficient (Wildman–Crippen LogP) is 2.97. The van der Waals surface area contributed by atoms with Gasteiger partial charge in [0.25, 0.3) is 0 Å². The van der Waals surface area contributed by atoms with E-state index in [1.165, 1.54) is 5.56 Å². The molecular formula is C13H16O2. The van der Waals surface area contributed by atoms with Crippen molar-refractivity contribution in [2.45, 2.75) is 38.7 Å². The van der Waals surface area contributed by atoms with E-state index in [1.807, 2.05) is 32.0 Å². The van der Waals surface area contributed by atoms with Crippen molar-refractivity contribution in [3.63, 3.8) is 0 Å². The van der Waals surface area contributed by atoms with Crippen molar-refractivity contribution in [1.82, 2.24) is 0 Å². The van der Waals surface area contributed by atoms with E-state index in [0.29, 0.717) is 6.42 Å². The second kappa shape index (κ2) is 3.37. The van der Waals surface area contributed by atoms with Gasteiger partial charge in [0.1, 0.15) is 5.60 Å². The van der Waals surface area contributed by atoms with Crippen LogP contribution in [-0.4, -0.2) is 5.97 Å². The molecule has 1 aliphatic heterocycles. The summed E-state index contributed by atoms with van der Waals surface area (Å²) in [4.78, 5) is 11.6. The Kier molecular flexibility index (Phi) is 2.29. The van der Waals surface area contributed by atoms with Crippen LogP contribution in [0, 0.1) is 0 Å². The average molecular weight is 204 g/mol. The van der Waals surface area contributed by atoms with Gasteiger partial charge in [-0.2, -0.15) is 0 Å². The fraction of sp³-hybridized carbons (Fsp3) is 0.462. The van der Waals surface area contributed by atoms with Gasteiger partial charge in [-0.05, 0) is 30.9 Å². The highest BCUT2D eigenvalue weighted by Gasteiger charge is 2.33. The molecule has 1 heterocycles. The molecule has 2 nitrogen and oxygen atoms in total. The molecule has 0 radical (unpaired) electrons. The summed E-state index contributed by atoms with van der Waals surface area (Å²) in [5, 5.41) is 0. The summed E-state index contributed by atoms with van der Waals surface area (Å²) >= 11 is 0. The molecule has 0 spiro atoms. The highest BCUT2D eigenvalue weighted by atomic mass is 16.6. The van der Waals surface area contributed by atoms with Gasteiger partial charge in [-0.3, -0.25) is 4.79 Å². The van der Waals surface area contributed by atoms with E-state index >= 15 is 0 Å². The van der Waals surface area contributed by atoms with E-state index in [2.05, 4.69) is 13.0 Å². The zero-order valence-corrected chi connectivity index (χ0v) is 9.41. The monoisotopic (exact) mass is 204 g/mol. The summed E-state index contributed by atoms with van der Waals surface area (Å²) in [5.74, 6) is 0.138. The lowest BCUT2D eigenvalue weighted by Crippen LogP contribution is -2.23. The lowest BCUT2D eigenvalue weighted by Gasteiger charge is -2.25. The van der Waals surface area contributed by atoms with Crippen LogP contribution < -0.4 is 0 Å². The third-order valence-electron chi connectivity index (χ3n) is 2.98. The van der Waals surface area contributed by atoms with Crippen molar-refractivity contribution in [3.8, 4) is 0 Å². The van der Waals surface area contributed by atoms with E-state index in [1.54, 1.807) is 0 Å². The standard InChI is InChI=1S/C13H16O2/c1-9-8-12(14)15-13(2,3)11-7-5-4-6-10(9)11/h4-7,9H,8H2,1-3H3. The van der Waals surface area contributed by atoms with Gasteiger partial charge >= 0.3 is 5.97 Å². The van der Waals surface area contributed by atoms with Gasteiger partial charge in [0.2, 0.25) is 0 Å². The molecule has 0 bridgehead atoms. The molecule has 0 amide bonds. The molecular weight excluding hydrogens is 188 g/mol. The molecule has 1 aromatic carbocycles. The van der Waals surface area contributed by atoms with E-state index in [4.69, 9.17) is 4.74 Å². The molecule has 1 aromatic rings. The first-order valence-corrected chi connectivity index (χ1v) is 5.32. The minimum Gasteiger partial charge on any atom is -0.455 e. The topological polar surface area (TPSA) is 26.3 Å². The number of hydrogen-bond donors (Lipinski definition) is 0. The lowest BCUT2D eigenvalue weighted by molar-refractivity contribution is -0.156. The van der Waals surface area contributed by atoms with Crippen molar-refractivity contribution in [1.29, 1.82) is 0 Å². The van der Waals surface area contributed by atoms with Crippen LogP contribution in [0.3, 0.4) is 0 Å². The van der Waals surface area contributed by atoms with Gasteiger partial charge in [0.05, 0.1) is 6.42 Å². The van der Waals surface area contributed by atoms with Crippen molar-refractivity contribution < 1.29 is 9.53 Å². The summed E-state index contributed by atoms with van der Waals surface area (Å²) in [5.41, 5.74) is 1.86. The van der Waals surface area contributed by atoms with Crippen LogP contribution in [0.1, 0.15) is 44.2 Å². The molecule has 0 aromatic heterocycles. The summed E-state index contributed by atoms with van der Waals surface area (Å²) in [6.07, 6.45) is 0.473. The van der Waals surface area contributed by atoms with Crippen LogP contribution in [-0.2, 0) is 15.1 Å². The van der Waals surface area contributed by atoms with Gasteiger partial charge in [0.15, 0.2) is 0 Å². The highest BCUT2D eigenvalue weighted by molar-refractivity contribution is 5.72. The summed E-state index contributed by atoms with van der Waals surface area (Å²) < 4.78 is 5.46. The maximum absolute atomic E-state index is 11.6. The number of rotatable bonds is 0. The second-order valence-electron chi connectivity index (χ2n) is 4.68. The molecule has 0 fully saturated rings. The summed E-state index contributed by atoms with van der Waals surface area (Å²) in [6, 6.07) is 8.14. The van der Waals surface area contributed by atoms with Gasteiger partial charge in [-0.15, -0.1) is 0 Å². The highest BCUT2D eigenvalue weighted by Crippen LogP contribution is 2.36. The molecule has 1 aliphatic rings. The van der Waals surface area contributed by atoms with Crippen molar-refractivity contribution >= 4 is 5.97 Å². The minimum atomic E-state index is -0.502. The van der Waals surface area contributed by atoms with Gasteiger partial charge in [0, 0.05) is 0 Å². The van der Waals surface area contributed by atoms with Crippen molar-refractivity contribution in [2.75, 3.05) is 0 Å². The maximum atomic E-state index is 11.6. The summed E-state index contributed by atoms with van der Waals surface area (Å²) in [7, 11) is 0. The van der Waals surface area contributed by atoms with Gasteiger partial charge in [-0.1, -0.05) is 31.2 Å². The Morgan fingerprint density at radius 1 is 1.33 bits per heavy atom. The molecule has 0 saturated heterocycles. The molecule has 2 rings (SSSR count). The van der Waals surface area contributed by atoms with E-state index < -0.39 is 5.60 Å². The summed E-state index contributed by atoms with van der Waals surface area (Å²) in [6.45, 7) is 5.96. The van der Waals surface area contributed by atoms with Crippen LogP contribution in [0.4, 0.5) is 0 Å². The molecule has 1 atom stereocenters. The molecule has 0 aliphatic carbocycles. The Hall–Kier alpha value is -1.31. The van der Waals surface area contributed by atoms with Gasteiger partial charge < -0.3 is 4.74 Å². The average Bonchev–Trinajstić information content (AvgIpc) is 2.23. The minimum absolute atomic E-state index is 0.108. The van der Waals surface area contributed by atoms with Crippen LogP contribution >= 0.6 is 0 Å².